The van der Waals surface area contributed by atoms with Gasteiger partial charge in [-0.1, -0.05) is 123 Å². The SMILES string of the molecule is CC(C(=O)C(C)c1cn(S(=O)(=O)c2ccccc2)c2ccc(-c3ccccc3)cc12)c1cn(S(=O)(=O)c2ccccc2)c2ccc(-c3ccccc3)cc12. The third-order valence-corrected chi connectivity index (χ3v) is 13.6. The van der Waals surface area contributed by atoms with Gasteiger partial charge in [-0.05, 0) is 81.9 Å². The maximum absolute atomic E-state index is 14.8. The van der Waals surface area contributed by atoms with Crippen molar-refractivity contribution in [2.75, 3.05) is 0 Å². The van der Waals surface area contributed by atoms with Crippen molar-refractivity contribution in [2.45, 2.75) is 35.5 Å². The lowest BCUT2D eigenvalue weighted by atomic mass is 9.85. The monoisotopic (exact) mass is 748 g/mol. The van der Waals surface area contributed by atoms with Crippen LogP contribution in [0.25, 0.3) is 44.1 Å². The lowest BCUT2D eigenvalue weighted by Crippen LogP contribution is -2.17. The molecule has 0 fully saturated rings. The van der Waals surface area contributed by atoms with E-state index in [9.17, 15) is 21.6 Å². The molecule has 268 valence electrons. The molecule has 0 amide bonds. The lowest BCUT2D eigenvalue weighted by molar-refractivity contribution is -0.121. The van der Waals surface area contributed by atoms with Gasteiger partial charge in [-0.2, -0.15) is 0 Å². The second-order valence-electron chi connectivity index (χ2n) is 13.4. The number of Topliss-reactive ketones (excluding diaryl/α,β-unsaturated/α-hetero) is 1. The molecule has 0 spiro atoms. The molecule has 0 aliphatic carbocycles. The molecule has 9 heteroatoms. The van der Waals surface area contributed by atoms with E-state index in [2.05, 4.69) is 0 Å². The summed E-state index contributed by atoms with van der Waals surface area (Å²) in [4.78, 5) is 15.0. The summed E-state index contributed by atoms with van der Waals surface area (Å²) >= 11 is 0. The minimum absolute atomic E-state index is 0.134. The van der Waals surface area contributed by atoms with Crippen LogP contribution in [0.5, 0.6) is 0 Å². The predicted octanol–water partition coefficient (Wildman–Crippen LogP) is 9.88. The molecule has 2 heterocycles. The molecule has 2 unspecified atom stereocenters. The zero-order valence-corrected chi connectivity index (χ0v) is 31.2. The van der Waals surface area contributed by atoms with Crippen molar-refractivity contribution in [3.63, 3.8) is 0 Å². The topological polar surface area (TPSA) is 95.2 Å². The van der Waals surface area contributed by atoms with Crippen LogP contribution >= 0.6 is 0 Å². The van der Waals surface area contributed by atoms with Gasteiger partial charge in [0.15, 0.2) is 0 Å². The van der Waals surface area contributed by atoms with Gasteiger partial charge in [0.1, 0.15) is 5.78 Å². The number of carbonyl (C=O) groups excluding carboxylic acids is 1. The molecule has 0 aliphatic heterocycles. The Hall–Kier alpha value is -6.03. The van der Waals surface area contributed by atoms with E-state index >= 15 is 0 Å². The van der Waals surface area contributed by atoms with Crippen molar-refractivity contribution in [2.24, 2.45) is 0 Å². The van der Waals surface area contributed by atoms with Gasteiger partial charge in [0, 0.05) is 35.0 Å². The van der Waals surface area contributed by atoms with Crippen LogP contribution in [-0.2, 0) is 24.8 Å². The first-order valence-electron chi connectivity index (χ1n) is 17.6. The third-order valence-electron chi connectivity index (χ3n) is 10.2. The molecule has 8 aromatic rings. The van der Waals surface area contributed by atoms with Gasteiger partial charge in [-0.25, -0.2) is 24.8 Å². The van der Waals surface area contributed by atoms with Crippen LogP contribution in [0.1, 0.15) is 36.8 Å². The molecule has 0 radical (unpaired) electrons. The van der Waals surface area contributed by atoms with Gasteiger partial charge in [-0.15, -0.1) is 0 Å². The molecule has 0 saturated heterocycles. The van der Waals surface area contributed by atoms with Gasteiger partial charge in [-0.3, -0.25) is 4.79 Å². The van der Waals surface area contributed by atoms with E-state index in [1.807, 2.05) is 84.9 Å². The average molecular weight is 749 g/mol. The van der Waals surface area contributed by atoms with Crippen LogP contribution in [0, 0.1) is 0 Å². The second kappa shape index (κ2) is 13.7. The number of nitrogens with zero attached hydrogens (tertiary/aromatic N) is 2. The average Bonchev–Trinajstić information content (AvgIpc) is 3.81. The number of carbonyl (C=O) groups is 1. The van der Waals surface area contributed by atoms with Gasteiger partial charge in [0.25, 0.3) is 20.0 Å². The van der Waals surface area contributed by atoms with Crippen LogP contribution in [0.4, 0.5) is 0 Å². The summed E-state index contributed by atoms with van der Waals surface area (Å²) in [5.41, 5.74) is 5.72. The quantitative estimate of drug-likeness (QED) is 0.139. The van der Waals surface area contributed by atoms with Gasteiger partial charge in [0.2, 0.25) is 0 Å². The number of hydrogen-bond donors (Lipinski definition) is 0. The van der Waals surface area contributed by atoms with E-state index < -0.39 is 31.9 Å². The summed E-state index contributed by atoms with van der Waals surface area (Å²) < 4.78 is 58.9. The van der Waals surface area contributed by atoms with Gasteiger partial charge >= 0.3 is 0 Å². The minimum Gasteiger partial charge on any atom is -0.298 e. The van der Waals surface area contributed by atoms with Crippen LogP contribution in [-0.4, -0.2) is 30.6 Å². The second-order valence-corrected chi connectivity index (χ2v) is 17.1. The van der Waals surface area contributed by atoms with Crippen LogP contribution in [0.2, 0.25) is 0 Å². The van der Waals surface area contributed by atoms with Crippen molar-refractivity contribution in [3.8, 4) is 22.3 Å². The highest BCUT2D eigenvalue weighted by Gasteiger charge is 2.32. The van der Waals surface area contributed by atoms with E-state index in [0.717, 1.165) is 22.3 Å². The van der Waals surface area contributed by atoms with E-state index in [4.69, 9.17) is 0 Å². The van der Waals surface area contributed by atoms with Crippen molar-refractivity contribution in [1.82, 2.24) is 7.94 Å². The fourth-order valence-corrected chi connectivity index (χ4v) is 10.0. The van der Waals surface area contributed by atoms with Crippen molar-refractivity contribution >= 4 is 47.6 Å². The Balaban J connectivity index is 1.28. The number of benzene rings is 6. The zero-order valence-electron chi connectivity index (χ0n) is 29.6. The number of hydrogen-bond acceptors (Lipinski definition) is 5. The Kier molecular flexibility index (Phi) is 8.92. The first kappa shape index (κ1) is 35.0. The van der Waals surface area contributed by atoms with Gasteiger partial charge in [0.05, 0.1) is 20.8 Å². The molecule has 54 heavy (non-hydrogen) atoms. The molecular weight excluding hydrogens is 713 g/mol. The van der Waals surface area contributed by atoms with E-state index in [1.54, 1.807) is 99.0 Å². The highest BCUT2D eigenvalue weighted by atomic mass is 32.2. The summed E-state index contributed by atoms with van der Waals surface area (Å²) in [6.45, 7) is 3.58. The molecule has 7 nitrogen and oxygen atoms in total. The van der Waals surface area contributed by atoms with Crippen LogP contribution in [0.3, 0.4) is 0 Å². The Morgan fingerprint density at radius 1 is 0.444 bits per heavy atom. The Morgan fingerprint density at radius 2 is 0.778 bits per heavy atom. The van der Waals surface area contributed by atoms with Crippen molar-refractivity contribution in [3.05, 3.63) is 181 Å². The Labute approximate surface area is 314 Å². The Bertz CT molecular complexity index is 2690. The van der Waals surface area contributed by atoms with Crippen LogP contribution < -0.4 is 0 Å². The number of ketones is 1. The molecule has 2 aromatic heterocycles. The summed E-state index contributed by atoms with van der Waals surface area (Å²) in [6, 6.07) is 47.3. The summed E-state index contributed by atoms with van der Waals surface area (Å²) in [7, 11) is -8.04. The van der Waals surface area contributed by atoms with Crippen LogP contribution in [0.15, 0.2) is 180 Å². The highest BCUT2D eigenvalue weighted by Crippen LogP contribution is 2.39. The molecule has 8 rings (SSSR count). The number of rotatable bonds is 10. The molecule has 2 atom stereocenters. The fourth-order valence-electron chi connectivity index (χ4n) is 7.25. The molecule has 0 saturated carbocycles. The zero-order chi connectivity index (χ0) is 37.6. The lowest BCUT2D eigenvalue weighted by Gasteiger charge is -2.16. The van der Waals surface area contributed by atoms with Crippen molar-refractivity contribution < 1.29 is 21.6 Å². The van der Waals surface area contributed by atoms with Crippen molar-refractivity contribution in [1.29, 1.82) is 0 Å². The molecular formula is C45H36N2O5S2. The fraction of sp³-hybridized carbons (Fsp3) is 0.0889. The summed E-state index contributed by atoms with van der Waals surface area (Å²) in [6.07, 6.45) is 3.13. The normalized spacial score (nSPS) is 13.2. The first-order chi connectivity index (χ1) is 26.1. The number of fused-ring (bicyclic) bond motifs is 2. The highest BCUT2D eigenvalue weighted by molar-refractivity contribution is 7.90. The van der Waals surface area contributed by atoms with E-state index in [1.165, 1.54) is 7.94 Å². The maximum atomic E-state index is 14.8. The maximum Gasteiger partial charge on any atom is 0.268 e. The van der Waals surface area contributed by atoms with E-state index in [-0.39, 0.29) is 15.6 Å². The smallest absolute Gasteiger partial charge is 0.268 e. The predicted molar refractivity (Wildman–Crippen MR) is 215 cm³/mol. The standard InChI is InChI=1S/C45H36N2O5S2/c1-31(41-29-46(53(49,50)37-19-11-5-12-20-37)43-25-23-35(27-39(41)43)33-15-7-3-8-16-33)45(48)32(2)42-30-47(54(51,52)38-21-13-6-14-22-38)44-26-24-36(28-40(42)44)34-17-9-4-10-18-34/h3-32H,1-2H3. The molecule has 0 aliphatic rings. The van der Waals surface area contributed by atoms with Gasteiger partial charge < -0.3 is 0 Å². The third kappa shape index (κ3) is 6.05. The minimum atomic E-state index is -4.02. The summed E-state index contributed by atoms with van der Waals surface area (Å²) in [5.74, 6) is -1.71. The summed E-state index contributed by atoms with van der Waals surface area (Å²) in [5, 5.41) is 1.29. The van der Waals surface area contributed by atoms with E-state index in [0.29, 0.717) is 32.9 Å². The largest absolute Gasteiger partial charge is 0.298 e. The number of aromatic nitrogens is 2. The molecule has 0 N–H and O–H groups in total. The molecule has 6 aromatic carbocycles. The first-order valence-corrected chi connectivity index (χ1v) is 20.5. The Morgan fingerprint density at radius 3 is 1.13 bits per heavy atom. The molecule has 0 bridgehead atoms.